The van der Waals surface area contributed by atoms with Gasteiger partial charge in [0.1, 0.15) is 5.82 Å². The summed E-state index contributed by atoms with van der Waals surface area (Å²) in [6.07, 6.45) is 0.0913. The molecule has 5 nitrogen and oxygen atoms in total. The largest absolute Gasteiger partial charge is 0.481 e. The van der Waals surface area contributed by atoms with Gasteiger partial charge in [0.05, 0.1) is 5.75 Å². The average molecular weight is 275 g/mol. The number of carboxylic acids is 1. The van der Waals surface area contributed by atoms with E-state index in [9.17, 15) is 17.6 Å². The van der Waals surface area contributed by atoms with Crippen LogP contribution < -0.4 is 4.72 Å². The molecule has 0 radical (unpaired) electrons. The van der Waals surface area contributed by atoms with Crippen LogP contribution in [0.25, 0.3) is 0 Å². The molecule has 0 bridgehead atoms. The lowest BCUT2D eigenvalue weighted by Crippen LogP contribution is -2.26. The van der Waals surface area contributed by atoms with Gasteiger partial charge in [-0.3, -0.25) is 4.79 Å². The number of nitrogens with one attached hydrogen (secondary N) is 1. The van der Waals surface area contributed by atoms with Gasteiger partial charge in [0.25, 0.3) is 0 Å². The summed E-state index contributed by atoms with van der Waals surface area (Å²) in [4.78, 5) is 10.2. The molecular weight excluding hydrogens is 261 g/mol. The van der Waals surface area contributed by atoms with Crippen molar-refractivity contribution in [2.24, 2.45) is 0 Å². The van der Waals surface area contributed by atoms with Crippen LogP contribution >= 0.6 is 0 Å². The third kappa shape index (κ3) is 5.24. The summed E-state index contributed by atoms with van der Waals surface area (Å²) in [6, 6.07) is 5.62. The first-order valence-electron chi connectivity index (χ1n) is 5.33. The highest BCUT2D eigenvalue weighted by Crippen LogP contribution is 2.09. The Balaban J connectivity index is 2.50. The summed E-state index contributed by atoms with van der Waals surface area (Å²) in [5.41, 5.74) is 0.0863. The van der Waals surface area contributed by atoms with E-state index in [1.165, 1.54) is 18.2 Å². The molecule has 18 heavy (non-hydrogen) atoms. The number of sulfonamides is 1. The van der Waals surface area contributed by atoms with E-state index < -0.39 is 27.6 Å². The van der Waals surface area contributed by atoms with Crippen LogP contribution in [0.5, 0.6) is 0 Å². The predicted octanol–water partition coefficient (Wildman–Crippen LogP) is 1.11. The van der Waals surface area contributed by atoms with Crippen LogP contribution in [0.3, 0.4) is 0 Å². The molecule has 100 valence electrons. The molecule has 0 unspecified atom stereocenters. The first-order valence-corrected chi connectivity index (χ1v) is 6.98. The van der Waals surface area contributed by atoms with E-state index in [1.807, 2.05) is 0 Å². The minimum Gasteiger partial charge on any atom is -0.481 e. The minimum absolute atomic E-state index is 0.0308. The molecule has 0 amide bonds. The average Bonchev–Trinajstić information content (AvgIpc) is 2.27. The van der Waals surface area contributed by atoms with E-state index in [0.717, 1.165) is 0 Å². The second-order valence-electron chi connectivity index (χ2n) is 3.74. The topological polar surface area (TPSA) is 83.5 Å². The molecule has 0 saturated carbocycles. The van der Waals surface area contributed by atoms with E-state index in [4.69, 9.17) is 5.11 Å². The predicted molar refractivity (Wildman–Crippen MR) is 63.9 cm³/mol. The van der Waals surface area contributed by atoms with Crippen LogP contribution in [0, 0.1) is 5.82 Å². The molecule has 0 aromatic heterocycles. The van der Waals surface area contributed by atoms with Crippen molar-refractivity contribution in [3.05, 3.63) is 35.6 Å². The molecule has 1 aromatic rings. The monoisotopic (exact) mass is 275 g/mol. The van der Waals surface area contributed by atoms with Crippen molar-refractivity contribution in [2.45, 2.75) is 18.6 Å². The van der Waals surface area contributed by atoms with Gasteiger partial charge in [-0.1, -0.05) is 18.2 Å². The van der Waals surface area contributed by atoms with Crippen LogP contribution in [-0.4, -0.2) is 26.0 Å². The highest BCUT2D eigenvalue weighted by molar-refractivity contribution is 7.88. The van der Waals surface area contributed by atoms with Crippen LogP contribution in [-0.2, 0) is 20.6 Å². The Morgan fingerprint density at radius 2 is 2.00 bits per heavy atom. The molecule has 0 aliphatic carbocycles. The first-order chi connectivity index (χ1) is 8.41. The van der Waals surface area contributed by atoms with Crippen molar-refractivity contribution in [3.8, 4) is 0 Å². The molecule has 0 aliphatic rings. The van der Waals surface area contributed by atoms with Gasteiger partial charge in [-0.15, -0.1) is 0 Å². The summed E-state index contributed by atoms with van der Waals surface area (Å²) in [5.74, 6) is -2.01. The smallest absolute Gasteiger partial charge is 0.303 e. The zero-order chi connectivity index (χ0) is 13.6. The minimum atomic E-state index is -3.64. The second kappa shape index (κ2) is 6.46. The van der Waals surface area contributed by atoms with Crippen molar-refractivity contribution in [1.29, 1.82) is 0 Å². The van der Waals surface area contributed by atoms with Crippen LogP contribution in [0.4, 0.5) is 4.39 Å². The SMILES string of the molecule is O=C(O)CCCNS(=O)(=O)Cc1ccccc1F. The van der Waals surface area contributed by atoms with Gasteiger partial charge in [0.2, 0.25) is 10.0 Å². The number of carboxylic acid groups (broad SMARTS) is 1. The third-order valence-corrected chi connectivity index (χ3v) is 3.53. The zero-order valence-corrected chi connectivity index (χ0v) is 10.4. The molecule has 0 heterocycles. The van der Waals surface area contributed by atoms with E-state index in [-0.39, 0.29) is 24.9 Å². The van der Waals surface area contributed by atoms with E-state index in [0.29, 0.717) is 0 Å². The van der Waals surface area contributed by atoms with Crippen LogP contribution in [0.2, 0.25) is 0 Å². The maximum atomic E-state index is 13.2. The fraction of sp³-hybridized carbons (Fsp3) is 0.364. The van der Waals surface area contributed by atoms with Gasteiger partial charge in [-0.25, -0.2) is 17.5 Å². The molecule has 1 aromatic carbocycles. The number of hydrogen-bond acceptors (Lipinski definition) is 3. The zero-order valence-electron chi connectivity index (χ0n) is 9.60. The molecule has 0 fully saturated rings. The molecule has 0 atom stereocenters. The van der Waals surface area contributed by atoms with Gasteiger partial charge in [0.15, 0.2) is 0 Å². The first kappa shape index (κ1) is 14.6. The Labute approximate surface area is 105 Å². The molecule has 0 aliphatic heterocycles. The maximum absolute atomic E-state index is 13.2. The fourth-order valence-corrected chi connectivity index (χ4v) is 2.54. The molecular formula is C11H14FNO4S. The van der Waals surface area contributed by atoms with Gasteiger partial charge in [-0.05, 0) is 12.5 Å². The Kier molecular flexibility index (Phi) is 5.24. The highest BCUT2D eigenvalue weighted by Gasteiger charge is 2.13. The van der Waals surface area contributed by atoms with E-state index >= 15 is 0 Å². The Bertz CT molecular complexity index is 516. The Morgan fingerprint density at radius 1 is 1.33 bits per heavy atom. The molecule has 0 spiro atoms. The normalized spacial score (nSPS) is 11.4. The van der Waals surface area contributed by atoms with Gasteiger partial charge >= 0.3 is 5.97 Å². The van der Waals surface area contributed by atoms with Gasteiger partial charge in [0, 0.05) is 18.5 Å². The van der Waals surface area contributed by atoms with Gasteiger partial charge < -0.3 is 5.11 Å². The maximum Gasteiger partial charge on any atom is 0.303 e. The second-order valence-corrected chi connectivity index (χ2v) is 5.55. The third-order valence-electron chi connectivity index (χ3n) is 2.19. The van der Waals surface area contributed by atoms with E-state index in [2.05, 4.69) is 4.72 Å². The Hall–Kier alpha value is -1.47. The van der Waals surface area contributed by atoms with Crippen molar-refractivity contribution >= 4 is 16.0 Å². The summed E-state index contributed by atoms with van der Waals surface area (Å²) in [6.45, 7) is 0.0308. The Morgan fingerprint density at radius 3 is 2.61 bits per heavy atom. The number of benzene rings is 1. The lowest BCUT2D eigenvalue weighted by Gasteiger charge is -2.06. The lowest BCUT2D eigenvalue weighted by molar-refractivity contribution is -0.137. The summed E-state index contributed by atoms with van der Waals surface area (Å²) < 4.78 is 38.6. The standard InChI is InChI=1S/C11H14FNO4S/c12-10-5-2-1-4-9(10)8-18(16,17)13-7-3-6-11(14)15/h1-2,4-5,13H,3,6-8H2,(H,14,15). The van der Waals surface area contributed by atoms with Crippen molar-refractivity contribution in [1.82, 2.24) is 4.72 Å². The van der Waals surface area contributed by atoms with Crippen molar-refractivity contribution in [2.75, 3.05) is 6.54 Å². The number of hydrogen-bond donors (Lipinski definition) is 2. The fourth-order valence-electron chi connectivity index (χ4n) is 1.34. The highest BCUT2D eigenvalue weighted by atomic mass is 32.2. The summed E-state index contributed by atoms with van der Waals surface area (Å²) in [5, 5.41) is 8.39. The number of aliphatic carboxylic acids is 1. The van der Waals surface area contributed by atoms with Gasteiger partial charge in [-0.2, -0.15) is 0 Å². The quantitative estimate of drug-likeness (QED) is 0.730. The van der Waals surface area contributed by atoms with Crippen LogP contribution in [0.1, 0.15) is 18.4 Å². The number of carbonyl (C=O) groups is 1. The molecule has 0 saturated heterocycles. The molecule has 7 heteroatoms. The van der Waals surface area contributed by atoms with Crippen LogP contribution in [0.15, 0.2) is 24.3 Å². The number of rotatable bonds is 7. The summed E-state index contributed by atoms with van der Waals surface area (Å²) >= 11 is 0. The molecule has 2 N–H and O–H groups in total. The lowest BCUT2D eigenvalue weighted by atomic mass is 10.2. The van der Waals surface area contributed by atoms with Crippen molar-refractivity contribution in [3.63, 3.8) is 0 Å². The summed E-state index contributed by atoms with van der Waals surface area (Å²) in [7, 11) is -3.64. The van der Waals surface area contributed by atoms with Crippen molar-refractivity contribution < 1.29 is 22.7 Å². The van der Waals surface area contributed by atoms with E-state index in [1.54, 1.807) is 6.07 Å². The molecule has 1 rings (SSSR count). The number of halogens is 1.